The van der Waals surface area contributed by atoms with Crippen molar-refractivity contribution in [3.05, 3.63) is 71.3 Å². The third-order valence-corrected chi connectivity index (χ3v) is 4.82. The van der Waals surface area contributed by atoms with Crippen molar-refractivity contribution < 1.29 is 4.74 Å². The van der Waals surface area contributed by atoms with Crippen LogP contribution in [0.4, 0.5) is 0 Å². The molecule has 0 saturated carbocycles. The van der Waals surface area contributed by atoms with E-state index >= 15 is 0 Å². The molecule has 0 amide bonds. The van der Waals surface area contributed by atoms with Crippen molar-refractivity contribution >= 4 is 0 Å². The Morgan fingerprint density at radius 2 is 1.40 bits per heavy atom. The molecule has 2 aromatic carbocycles. The lowest BCUT2D eigenvalue weighted by Crippen LogP contribution is -2.46. The van der Waals surface area contributed by atoms with Crippen LogP contribution in [-0.2, 0) is 24.3 Å². The lowest BCUT2D eigenvalue weighted by Gasteiger charge is -2.34. The van der Waals surface area contributed by atoms with Gasteiger partial charge in [0.1, 0.15) is 0 Å². The van der Waals surface area contributed by atoms with Crippen LogP contribution in [0.2, 0.25) is 0 Å². The number of hydrogen-bond acceptors (Lipinski definition) is 3. The molecule has 0 spiro atoms. The van der Waals surface area contributed by atoms with Crippen LogP contribution in [0, 0.1) is 0 Å². The summed E-state index contributed by atoms with van der Waals surface area (Å²) in [5.41, 5.74) is 4.12. The molecule has 1 saturated heterocycles. The van der Waals surface area contributed by atoms with Crippen LogP contribution in [0.1, 0.15) is 30.0 Å². The molecule has 3 heteroatoms. The highest BCUT2D eigenvalue weighted by molar-refractivity contribution is 5.22. The van der Waals surface area contributed by atoms with Crippen molar-refractivity contribution in [3.63, 3.8) is 0 Å². The Bertz CT molecular complexity index is 604. The van der Waals surface area contributed by atoms with Gasteiger partial charge in [-0.2, -0.15) is 0 Å². The van der Waals surface area contributed by atoms with Gasteiger partial charge < -0.3 is 4.74 Å². The molecule has 0 N–H and O–H groups in total. The lowest BCUT2D eigenvalue weighted by molar-refractivity contribution is -0.00680. The number of benzene rings is 2. The molecule has 1 fully saturated rings. The second-order valence-corrected chi connectivity index (χ2v) is 6.92. The van der Waals surface area contributed by atoms with Crippen molar-refractivity contribution in [3.8, 4) is 0 Å². The maximum Gasteiger partial charge on any atom is 0.0995 e. The summed E-state index contributed by atoms with van der Waals surface area (Å²) >= 11 is 0. The lowest BCUT2D eigenvalue weighted by atomic mass is 10.1. The van der Waals surface area contributed by atoms with E-state index in [1.807, 2.05) is 6.07 Å². The largest absolute Gasteiger partial charge is 0.361 e. The number of rotatable bonds is 8. The molecule has 0 aromatic heterocycles. The van der Waals surface area contributed by atoms with Crippen molar-refractivity contribution in [1.29, 1.82) is 0 Å². The van der Waals surface area contributed by atoms with E-state index in [-0.39, 0.29) is 0 Å². The molecule has 3 nitrogen and oxygen atoms in total. The van der Waals surface area contributed by atoms with Crippen molar-refractivity contribution in [1.82, 2.24) is 9.80 Å². The van der Waals surface area contributed by atoms with Gasteiger partial charge in [-0.3, -0.25) is 9.80 Å². The van der Waals surface area contributed by atoms with Crippen LogP contribution in [0.5, 0.6) is 0 Å². The Morgan fingerprint density at radius 3 is 2.08 bits per heavy atom. The van der Waals surface area contributed by atoms with E-state index < -0.39 is 0 Å². The molecule has 0 bridgehead atoms. The van der Waals surface area contributed by atoms with Gasteiger partial charge in [-0.25, -0.2) is 0 Å². The first kappa shape index (κ1) is 18.1. The monoisotopic (exact) mass is 338 g/mol. The summed E-state index contributed by atoms with van der Waals surface area (Å²) in [5, 5.41) is 0. The first-order valence-electron chi connectivity index (χ1n) is 9.47. The molecule has 1 aliphatic rings. The van der Waals surface area contributed by atoms with Crippen LogP contribution >= 0.6 is 0 Å². The van der Waals surface area contributed by atoms with Gasteiger partial charge in [0.05, 0.1) is 13.3 Å². The van der Waals surface area contributed by atoms with Crippen LogP contribution in [0.25, 0.3) is 0 Å². The first-order chi connectivity index (χ1) is 12.3. The Kier molecular flexibility index (Phi) is 7.04. The summed E-state index contributed by atoms with van der Waals surface area (Å²) in [4.78, 5) is 4.95. The zero-order chi connectivity index (χ0) is 17.3. The molecule has 1 aliphatic heterocycles. The summed E-state index contributed by atoms with van der Waals surface area (Å²) < 4.78 is 5.86. The van der Waals surface area contributed by atoms with Gasteiger partial charge >= 0.3 is 0 Å². The van der Waals surface area contributed by atoms with Gasteiger partial charge in [-0.1, -0.05) is 67.9 Å². The number of nitrogens with zero attached hydrogens (tertiary/aromatic N) is 2. The van der Waals surface area contributed by atoms with E-state index in [0.29, 0.717) is 6.61 Å². The molecule has 3 rings (SSSR count). The molecule has 0 aliphatic carbocycles. The van der Waals surface area contributed by atoms with Gasteiger partial charge in [0.25, 0.3) is 0 Å². The molecule has 0 unspecified atom stereocenters. The normalized spacial score (nSPS) is 16.2. The van der Waals surface area contributed by atoms with Crippen LogP contribution < -0.4 is 0 Å². The van der Waals surface area contributed by atoms with Crippen LogP contribution in [0.3, 0.4) is 0 Å². The zero-order valence-corrected chi connectivity index (χ0v) is 15.4. The predicted octanol–water partition coefficient (Wildman–Crippen LogP) is 3.93. The molecular formula is C22H30N2O. The van der Waals surface area contributed by atoms with Gasteiger partial charge in [0, 0.05) is 32.7 Å². The zero-order valence-electron chi connectivity index (χ0n) is 15.4. The number of aryl methyl sites for hydroxylation is 1. The highest BCUT2D eigenvalue weighted by Crippen LogP contribution is 2.11. The summed E-state index contributed by atoms with van der Waals surface area (Å²) in [7, 11) is 0. The standard InChI is InChI=1S/C22H30N2O/c1-2-6-20-9-11-21(12-10-20)17-23-13-15-24(16-14-23)19-25-18-22-7-4-3-5-8-22/h3-5,7-12H,2,6,13-19H2,1H3. The molecule has 2 aromatic rings. The number of ether oxygens (including phenoxy) is 1. The third-order valence-electron chi connectivity index (χ3n) is 4.82. The highest BCUT2D eigenvalue weighted by atomic mass is 16.5. The number of hydrogen-bond donors (Lipinski definition) is 0. The third kappa shape index (κ3) is 5.96. The van der Waals surface area contributed by atoms with E-state index in [1.54, 1.807) is 0 Å². The minimum Gasteiger partial charge on any atom is -0.361 e. The molecule has 0 radical (unpaired) electrons. The quantitative estimate of drug-likeness (QED) is 0.725. The van der Waals surface area contributed by atoms with Gasteiger partial charge in [0.15, 0.2) is 0 Å². The Hall–Kier alpha value is -1.68. The molecule has 134 valence electrons. The van der Waals surface area contributed by atoms with Gasteiger partial charge in [0.2, 0.25) is 0 Å². The molecule has 1 heterocycles. The summed E-state index contributed by atoms with van der Waals surface area (Å²) in [6, 6.07) is 19.5. The second kappa shape index (κ2) is 9.71. The number of piperazine rings is 1. The van der Waals surface area contributed by atoms with Crippen molar-refractivity contribution in [2.24, 2.45) is 0 Å². The highest BCUT2D eigenvalue weighted by Gasteiger charge is 2.16. The van der Waals surface area contributed by atoms with E-state index in [9.17, 15) is 0 Å². The first-order valence-corrected chi connectivity index (χ1v) is 9.47. The Morgan fingerprint density at radius 1 is 0.760 bits per heavy atom. The molecule has 25 heavy (non-hydrogen) atoms. The van der Waals surface area contributed by atoms with Gasteiger partial charge in [-0.15, -0.1) is 0 Å². The SMILES string of the molecule is CCCc1ccc(CN2CCN(COCc3ccccc3)CC2)cc1. The van der Waals surface area contributed by atoms with Crippen LogP contribution in [0.15, 0.2) is 54.6 Å². The minimum absolute atomic E-state index is 0.700. The fourth-order valence-corrected chi connectivity index (χ4v) is 3.30. The van der Waals surface area contributed by atoms with E-state index in [4.69, 9.17) is 4.74 Å². The van der Waals surface area contributed by atoms with E-state index in [0.717, 1.165) is 39.5 Å². The van der Waals surface area contributed by atoms with E-state index in [1.165, 1.54) is 29.5 Å². The second-order valence-electron chi connectivity index (χ2n) is 6.92. The summed E-state index contributed by atoms with van der Waals surface area (Å²) in [6.07, 6.45) is 2.40. The van der Waals surface area contributed by atoms with E-state index in [2.05, 4.69) is 65.3 Å². The molecule has 0 atom stereocenters. The smallest absolute Gasteiger partial charge is 0.0995 e. The minimum atomic E-state index is 0.700. The fourth-order valence-electron chi connectivity index (χ4n) is 3.30. The Balaban J connectivity index is 1.35. The predicted molar refractivity (Wildman–Crippen MR) is 103 cm³/mol. The topological polar surface area (TPSA) is 15.7 Å². The summed E-state index contributed by atoms with van der Waals surface area (Å²) in [6.45, 7) is 9.13. The average Bonchev–Trinajstić information content (AvgIpc) is 2.66. The average molecular weight is 338 g/mol. The maximum absolute atomic E-state index is 5.86. The summed E-state index contributed by atoms with van der Waals surface area (Å²) in [5.74, 6) is 0. The van der Waals surface area contributed by atoms with Crippen molar-refractivity contribution in [2.75, 3.05) is 32.9 Å². The maximum atomic E-state index is 5.86. The van der Waals surface area contributed by atoms with Crippen molar-refractivity contribution in [2.45, 2.75) is 32.9 Å². The molecular weight excluding hydrogens is 308 g/mol. The Labute approximate surface area is 152 Å². The fraction of sp³-hybridized carbons (Fsp3) is 0.455. The van der Waals surface area contributed by atoms with Crippen LogP contribution in [-0.4, -0.2) is 42.7 Å². The van der Waals surface area contributed by atoms with Gasteiger partial charge in [-0.05, 0) is 23.1 Å².